The highest BCUT2D eigenvalue weighted by Crippen LogP contribution is 2.47. The van der Waals surface area contributed by atoms with Crippen LogP contribution >= 0.6 is 68.5 Å². The summed E-state index contributed by atoms with van der Waals surface area (Å²) in [4.78, 5) is 89.9. The Bertz CT molecular complexity index is 6660. The van der Waals surface area contributed by atoms with E-state index < -0.39 is 83.1 Å². The minimum atomic E-state index is -4.09. The van der Waals surface area contributed by atoms with Crippen molar-refractivity contribution >= 4 is 145 Å². The predicted molar refractivity (Wildman–Crippen MR) is 538 cm³/mol. The van der Waals surface area contributed by atoms with Gasteiger partial charge in [-0.05, 0) is 203 Å². The summed E-state index contributed by atoms with van der Waals surface area (Å²) >= 11 is 17.4. The summed E-state index contributed by atoms with van der Waals surface area (Å²) in [6, 6.07) is 35.0. The van der Waals surface area contributed by atoms with Gasteiger partial charge in [0.1, 0.15) is 78.8 Å². The number of furan rings is 1. The number of nitrogens with one attached hydrogen (secondary N) is 2. The molecule has 1 unspecified atom stereocenters. The molecule has 38 nitrogen and oxygen atoms in total. The molecule has 0 amide bonds. The van der Waals surface area contributed by atoms with E-state index in [2.05, 4.69) is 79.4 Å². The smallest absolute Gasteiger partial charge is 0.333 e. The number of aliphatic hydroxyl groups is 4. The third kappa shape index (κ3) is 31.7. The molecule has 10 heterocycles. The first-order chi connectivity index (χ1) is 67.2. The van der Waals surface area contributed by atoms with Gasteiger partial charge in [-0.25, -0.2) is 60.4 Å². The lowest BCUT2D eigenvalue weighted by Crippen LogP contribution is -2.26. The van der Waals surface area contributed by atoms with Gasteiger partial charge in [0.25, 0.3) is 0 Å². The molecule has 13 atom stereocenters. The van der Waals surface area contributed by atoms with E-state index in [9.17, 15) is 73.3 Å². The van der Waals surface area contributed by atoms with Crippen LogP contribution in [0.3, 0.4) is 0 Å². The number of carbonyl (C=O) groups excluding carboxylic acids is 4. The van der Waals surface area contributed by atoms with E-state index in [0.29, 0.717) is 177 Å². The van der Waals surface area contributed by atoms with Crippen molar-refractivity contribution in [3.63, 3.8) is 0 Å². The third-order valence-electron chi connectivity index (χ3n) is 24.3. The van der Waals surface area contributed by atoms with Crippen LogP contribution in [0.5, 0.6) is 11.5 Å². The number of halogens is 2. The Morgan fingerprint density at radius 2 is 0.867 bits per heavy atom. The standard InChI is InChI=1S/C26H30N4O6S2.2C23H24ClN3O6S2.C21H24N4O6S2.2CH4/c1-16-21(26(8-5-9-35-26)18-6-3-2-4-7-18)12-23(37-16)24(32)20-13-28-15-29-25(20)30-19-10-17(22(31)11-19)14-36-38(27,33)34;2*24-17-2-1-3-18(8-17)32-10-15-7-22(34-12-15)23(29)19-9-26-13-27-20(19)5-14-4-16(21(28)6-14)11-33-35(25,30)31;1-12-2-3-16(31-12)4-13-5-19(32-10-13)20(27)17-8-23-11-24-21(17)25-15-6-14(18(26)7-15)9-30-33(22,28)29;;/h2-4,6-7,12-13,15,17,19,22,31H,5,8-11,14H2,1H3,(H2,27,33,34)(H,28,29,30);2*1-3,7-9,12-14,16,21,28H,4-6,10-11H2,(H2,25,30,31);2-3,5,8,10-11,14-15,18,26H,4,6-7,9H2,1H3,(H2,22,28,29)(H,23,24,25);2*1H4/t17-,19-,22+,26?;2*14-,16+,21-;14-,15-,18+;;/m1001../s1. The SMILES string of the molecule is C.C.Cc1ccc(Cc2csc(C(=O)c3cncnc3N[C@@H]3C[C@H](COS(N)(=O)=O)[C@@H](O)C3)c2)o1.Cc1sc(C(=O)c2cncnc2N[C@@H]2C[C@H](COS(N)(=O)=O)[C@@H](O)C2)cc1C1(c2ccccc2)CCCO1.NS(=O)(=O)OC[C@H]1C[C@@H](Cc2ncncc2C(=O)c2cc(COc3cccc(Cl)c3)cs2)C[C@@H]1O.NS(=O)(=O)OC[C@H]1C[C@@H](Cc2ncncc2C(=O)c2cc(COc3cccc(Cl)c3)cs2)C[C@@H]1O. The number of ether oxygens (including phenoxy) is 3. The number of rotatable bonds is 38. The lowest BCUT2D eigenvalue weighted by atomic mass is 9.84. The normalized spacial score (nSPS) is 21.4. The second-order valence-electron chi connectivity index (χ2n) is 34.6. The number of aliphatic hydroxyl groups excluding tert-OH is 4. The fraction of sp³-hybridized carbons (Fsp3) is 0.389. The minimum Gasteiger partial charge on any atom is -0.489 e. The molecular formula is C95H110Cl2N14O24S8. The number of aryl methyl sites for hydroxylation is 2. The highest BCUT2D eigenvalue weighted by atomic mass is 35.5. The Balaban J connectivity index is 0.000000170. The van der Waals surface area contributed by atoms with Crippen molar-refractivity contribution in [2.45, 2.75) is 167 Å². The number of hydrogen-bond donors (Lipinski definition) is 10. The van der Waals surface area contributed by atoms with Crippen molar-refractivity contribution in [2.75, 3.05) is 43.7 Å². The number of aromatic nitrogens is 8. The summed E-state index contributed by atoms with van der Waals surface area (Å²) in [6.07, 6.45) is 15.2. The van der Waals surface area contributed by atoms with Crippen molar-refractivity contribution in [3.8, 4) is 11.5 Å². The Hall–Kier alpha value is -10.2. The van der Waals surface area contributed by atoms with Crippen molar-refractivity contribution in [1.82, 2.24) is 39.9 Å². The summed E-state index contributed by atoms with van der Waals surface area (Å²) in [7, 11) is -16.3. The van der Waals surface area contributed by atoms with Gasteiger partial charge in [0.15, 0.2) is 0 Å². The fourth-order valence-corrected chi connectivity index (χ4v) is 23.1. The molecule has 9 aromatic heterocycles. The average molecular weight is 2160 g/mol. The number of hydrogen-bond acceptors (Lipinski definition) is 38. The van der Waals surface area contributed by atoms with Crippen molar-refractivity contribution in [2.24, 2.45) is 56.1 Å². The van der Waals surface area contributed by atoms with Gasteiger partial charge in [0.05, 0.1) is 104 Å². The van der Waals surface area contributed by atoms with Crippen LogP contribution in [0.15, 0.2) is 186 Å². The lowest BCUT2D eigenvalue weighted by molar-refractivity contribution is 0.0358. The first-order valence-corrected chi connectivity index (χ1v) is 54.4. The molecule has 143 heavy (non-hydrogen) atoms. The molecular weight excluding hydrogens is 2050 g/mol. The Morgan fingerprint density at radius 3 is 1.28 bits per heavy atom. The largest absolute Gasteiger partial charge is 0.489 e. The summed E-state index contributed by atoms with van der Waals surface area (Å²) < 4.78 is 131. The molecule has 0 spiro atoms. The first-order valence-electron chi connectivity index (χ1n) is 44.3. The number of carbonyl (C=O) groups is 4. The Morgan fingerprint density at radius 1 is 0.469 bits per heavy atom. The number of nitrogens with zero attached hydrogens (tertiary/aromatic N) is 8. The number of thiophene rings is 4. The number of ketones is 4. The maximum atomic E-state index is 13.7. The molecule has 1 aliphatic heterocycles. The number of benzene rings is 3. The summed E-state index contributed by atoms with van der Waals surface area (Å²) in [5.74, 6) is 1.33. The molecule has 12 aromatic rings. The highest BCUT2D eigenvalue weighted by molar-refractivity contribution is 7.85. The third-order valence-corrected chi connectivity index (χ3v) is 30.6. The molecule has 14 N–H and O–H groups in total. The van der Waals surface area contributed by atoms with Gasteiger partial charge in [-0.2, -0.15) is 33.7 Å². The fourth-order valence-electron chi connectivity index (χ4n) is 17.6. The van der Waals surface area contributed by atoms with Crippen LogP contribution in [-0.4, -0.2) is 187 Å². The average Bonchev–Trinajstić information content (AvgIpc) is 1.60. The van der Waals surface area contributed by atoms with Crippen molar-refractivity contribution in [1.29, 1.82) is 0 Å². The van der Waals surface area contributed by atoms with E-state index >= 15 is 0 Å². The zero-order valence-electron chi connectivity index (χ0n) is 75.8. The van der Waals surface area contributed by atoms with Crippen LogP contribution < -0.4 is 40.7 Å². The zero-order chi connectivity index (χ0) is 101. The van der Waals surface area contributed by atoms with E-state index in [0.717, 1.165) is 57.1 Å². The van der Waals surface area contributed by atoms with Crippen LogP contribution in [0.4, 0.5) is 11.6 Å². The molecule has 1 saturated heterocycles. The van der Waals surface area contributed by atoms with Gasteiger partial charge < -0.3 is 49.7 Å². The molecule has 5 fully saturated rings. The summed E-state index contributed by atoms with van der Waals surface area (Å²) in [5, 5.41) is 74.0. The van der Waals surface area contributed by atoms with Crippen LogP contribution in [0.2, 0.25) is 10.0 Å². The van der Waals surface area contributed by atoms with Gasteiger partial charge in [-0.3, -0.25) is 35.9 Å². The molecule has 0 radical (unpaired) electrons. The maximum absolute atomic E-state index is 13.7. The van der Waals surface area contributed by atoms with Crippen LogP contribution in [-0.2, 0) is 101 Å². The van der Waals surface area contributed by atoms with E-state index in [1.54, 1.807) is 48.5 Å². The molecule has 48 heteroatoms. The summed E-state index contributed by atoms with van der Waals surface area (Å²) in [6.45, 7) is 4.36. The van der Waals surface area contributed by atoms with Crippen LogP contribution in [0.1, 0.15) is 196 Å². The van der Waals surface area contributed by atoms with Gasteiger partial charge in [0.2, 0.25) is 23.1 Å². The second kappa shape index (κ2) is 50.3. The highest BCUT2D eigenvalue weighted by Gasteiger charge is 2.44. The van der Waals surface area contributed by atoms with E-state index in [-0.39, 0.29) is 100 Å². The monoisotopic (exact) mass is 2160 g/mol. The number of anilines is 2. The molecule has 0 bridgehead atoms. The lowest BCUT2D eigenvalue weighted by Gasteiger charge is -2.29. The second-order valence-corrected chi connectivity index (χ2v) is 44.4. The number of nitrogens with two attached hydrogens (primary N) is 4. The van der Waals surface area contributed by atoms with Crippen LogP contribution in [0, 0.1) is 49.4 Å². The van der Waals surface area contributed by atoms with E-state index in [4.69, 9.17) is 62.4 Å². The van der Waals surface area contributed by atoms with Gasteiger partial charge in [-0.15, -0.1) is 45.3 Å². The topological polar surface area (TPSA) is 595 Å². The van der Waals surface area contributed by atoms with E-state index in [1.807, 2.05) is 84.6 Å². The molecule has 17 rings (SSSR count). The summed E-state index contributed by atoms with van der Waals surface area (Å²) in [5.41, 5.74) is 6.77. The van der Waals surface area contributed by atoms with Gasteiger partial charge >= 0.3 is 41.2 Å². The van der Waals surface area contributed by atoms with Gasteiger partial charge in [0, 0.05) is 105 Å². The van der Waals surface area contributed by atoms with E-state index in [1.165, 1.54) is 95.4 Å². The molecule has 766 valence electrons. The molecule has 3 aromatic carbocycles. The van der Waals surface area contributed by atoms with Crippen molar-refractivity contribution in [3.05, 3.63) is 289 Å². The van der Waals surface area contributed by atoms with Gasteiger partial charge in [-0.1, -0.05) is 80.5 Å². The Labute approximate surface area is 854 Å². The molecule has 4 aliphatic carbocycles. The van der Waals surface area contributed by atoms with Crippen molar-refractivity contribution < 1.29 is 109 Å². The van der Waals surface area contributed by atoms with Crippen LogP contribution in [0.25, 0.3) is 0 Å². The zero-order valence-corrected chi connectivity index (χ0v) is 83.8. The minimum absolute atomic E-state index is 0. The first kappa shape index (κ1) is 112. The molecule has 5 aliphatic rings. The molecule has 4 saturated carbocycles. The maximum Gasteiger partial charge on any atom is 0.333 e. The Kier molecular flexibility index (Phi) is 39.2. The predicted octanol–water partition coefficient (Wildman–Crippen LogP) is 12.5. The quantitative estimate of drug-likeness (QED) is 0.0161.